The molecule has 3 aromatic heterocycles. The maximum Gasteiger partial charge on any atom is 0.264 e. The second-order valence-electron chi connectivity index (χ2n) is 7.92. The predicted molar refractivity (Wildman–Crippen MR) is 135 cm³/mol. The number of pyridine rings is 2. The van der Waals surface area contributed by atoms with Crippen molar-refractivity contribution in [1.82, 2.24) is 19.5 Å². The minimum absolute atomic E-state index is 0.0829. The van der Waals surface area contributed by atoms with Gasteiger partial charge in [-0.1, -0.05) is 41.9 Å². The van der Waals surface area contributed by atoms with Crippen LogP contribution in [0.3, 0.4) is 0 Å². The first-order valence-electron chi connectivity index (χ1n) is 10.7. The number of nitrogens with one attached hydrogen (secondary N) is 2. The van der Waals surface area contributed by atoms with E-state index in [0.717, 1.165) is 0 Å². The van der Waals surface area contributed by atoms with Crippen LogP contribution in [-0.4, -0.2) is 25.4 Å². The molecule has 0 aliphatic carbocycles. The largest absolute Gasteiger partial charge is 0.366 e. The summed E-state index contributed by atoms with van der Waals surface area (Å²) >= 11 is 6.90. The molecular weight excluding hydrogens is 468 g/mol. The van der Waals surface area contributed by atoms with E-state index in [1.54, 1.807) is 43.3 Å². The summed E-state index contributed by atoms with van der Waals surface area (Å²) in [7, 11) is 0. The second kappa shape index (κ2) is 8.69. The topological polar surface area (TPSA) is 136 Å². The Bertz CT molecular complexity index is 1720. The molecule has 10 heteroatoms. The number of halogens is 1. The molecule has 9 nitrogen and oxygen atoms in total. The SMILES string of the molecule is CC(Nc1ncnc2[nH]ccc(=O)c12)c1c(Cl)c2cccc(C(N)=O)c2c(=O)n1-c1ccccc1. The minimum Gasteiger partial charge on any atom is -0.366 e. The molecule has 0 saturated carbocycles. The van der Waals surface area contributed by atoms with Crippen LogP contribution in [0.25, 0.3) is 27.5 Å². The summed E-state index contributed by atoms with van der Waals surface area (Å²) in [5.41, 5.74) is 6.29. The van der Waals surface area contributed by atoms with E-state index in [1.165, 1.54) is 29.2 Å². The Hall–Kier alpha value is -4.50. The number of nitrogens with two attached hydrogens (primary N) is 1. The highest BCUT2D eigenvalue weighted by Crippen LogP contribution is 2.33. The van der Waals surface area contributed by atoms with Crippen LogP contribution in [0.1, 0.15) is 29.0 Å². The van der Waals surface area contributed by atoms with Crippen molar-refractivity contribution >= 4 is 45.1 Å². The molecule has 0 aliphatic rings. The van der Waals surface area contributed by atoms with Gasteiger partial charge in [0.05, 0.1) is 27.7 Å². The number of hydrogen-bond acceptors (Lipinski definition) is 6. The highest BCUT2D eigenvalue weighted by molar-refractivity contribution is 6.36. The van der Waals surface area contributed by atoms with Gasteiger partial charge >= 0.3 is 0 Å². The Labute approximate surface area is 203 Å². The predicted octanol–water partition coefficient (Wildman–Crippen LogP) is 3.55. The lowest BCUT2D eigenvalue weighted by molar-refractivity contribution is 0.100. The highest BCUT2D eigenvalue weighted by atomic mass is 35.5. The van der Waals surface area contributed by atoms with E-state index >= 15 is 0 Å². The number of para-hydroxylation sites is 1. The van der Waals surface area contributed by atoms with E-state index in [4.69, 9.17) is 17.3 Å². The fourth-order valence-corrected chi connectivity index (χ4v) is 4.64. The number of fused-ring (bicyclic) bond motifs is 2. The monoisotopic (exact) mass is 486 g/mol. The number of H-pyrrole nitrogens is 1. The number of carbonyl (C=O) groups excluding carboxylic acids is 1. The third-order valence-corrected chi connectivity index (χ3v) is 6.17. The standard InChI is InChI=1S/C25H19ClN6O3/c1-13(31-24-19-17(33)10-11-28-23(19)29-12-30-24)21-20(26)15-8-5-9-16(22(27)34)18(15)25(35)32(21)14-6-3-2-4-7-14/h2-13H,1H3,(H2,27,34)(H2,28,29,30,31,33). The van der Waals surface area contributed by atoms with Gasteiger partial charge in [-0.05, 0) is 25.1 Å². The zero-order chi connectivity index (χ0) is 24.7. The van der Waals surface area contributed by atoms with Gasteiger partial charge in [0, 0.05) is 23.3 Å². The number of amides is 1. The van der Waals surface area contributed by atoms with E-state index < -0.39 is 17.5 Å². The summed E-state index contributed by atoms with van der Waals surface area (Å²) in [6.07, 6.45) is 2.84. The molecule has 1 amide bonds. The van der Waals surface area contributed by atoms with Crippen molar-refractivity contribution in [3.63, 3.8) is 0 Å². The third kappa shape index (κ3) is 3.71. The Morgan fingerprint density at radius 2 is 1.83 bits per heavy atom. The molecule has 0 radical (unpaired) electrons. The van der Waals surface area contributed by atoms with Crippen molar-refractivity contribution < 1.29 is 4.79 Å². The number of anilines is 1. The average molecular weight is 487 g/mol. The molecule has 5 aromatic rings. The van der Waals surface area contributed by atoms with Crippen LogP contribution in [0.5, 0.6) is 0 Å². The molecule has 5 rings (SSSR count). The van der Waals surface area contributed by atoms with Crippen molar-refractivity contribution in [3.05, 3.63) is 104 Å². The molecule has 0 fully saturated rings. The maximum absolute atomic E-state index is 13.8. The van der Waals surface area contributed by atoms with E-state index in [1.807, 2.05) is 6.07 Å². The summed E-state index contributed by atoms with van der Waals surface area (Å²) in [5, 5.41) is 4.29. The van der Waals surface area contributed by atoms with Gasteiger partial charge in [0.25, 0.3) is 5.56 Å². The fraction of sp³-hybridized carbons (Fsp3) is 0.0800. The maximum atomic E-state index is 13.8. The number of hydrogen-bond donors (Lipinski definition) is 3. The lowest BCUT2D eigenvalue weighted by Gasteiger charge is -2.23. The van der Waals surface area contributed by atoms with Gasteiger partial charge in [-0.15, -0.1) is 0 Å². The molecule has 0 bridgehead atoms. The lowest BCUT2D eigenvalue weighted by Crippen LogP contribution is -2.28. The number of rotatable bonds is 5. The summed E-state index contributed by atoms with van der Waals surface area (Å²) in [6.45, 7) is 1.80. The third-order valence-electron chi connectivity index (χ3n) is 5.78. The van der Waals surface area contributed by atoms with Crippen LogP contribution in [0.4, 0.5) is 5.82 Å². The highest BCUT2D eigenvalue weighted by Gasteiger charge is 2.24. The van der Waals surface area contributed by atoms with Crippen molar-refractivity contribution in [2.24, 2.45) is 5.73 Å². The fourth-order valence-electron chi connectivity index (χ4n) is 4.24. The first-order valence-corrected chi connectivity index (χ1v) is 11.1. The van der Waals surface area contributed by atoms with E-state index in [2.05, 4.69) is 20.3 Å². The van der Waals surface area contributed by atoms with Gasteiger partial charge in [-0.2, -0.15) is 0 Å². The van der Waals surface area contributed by atoms with Crippen molar-refractivity contribution in [1.29, 1.82) is 0 Å². The molecule has 4 N–H and O–H groups in total. The van der Waals surface area contributed by atoms with E-state index in [9.17, 15) is 14.4 Å². The number of aromatic amines is 1. The van der Waals surface area contributed by atoms with Crippen LogP contribution in [0, 0.1) is 0 Å². The number of primary amides is 1. The summed E-state index contributed by atoms with van der Waals surface area (Å²) < 4.78 is 1.45. The van der Waals surface area contributed by atoms with Crippen LogP contribution >= 0.6 is 11.6 Å². The quantitative estimate of drug-likeness (QED) is 0.347. The average Bonchev–Trinajstić information content (AvgIpc) is 2.86. The molecule has 0 aliphatic heterocycles. The van der Waals surface area contributed by atoms with Crippen molar-refractivity contribution in [3.8, 4) is 5.69 Å². The van der Waals surface area contributed by atoms with Gasteiger partial charge in [0.1, 0.15) is 23.2 Å². The van der Waals surface area contributed by atoms with Crippen LogP contribution in [0.2, 0.25) is 5.02 Å². The van der Waals surface area contributed by atoms with Gasteiger partial charge in [-0.25, -0.2) is 9.97 Å². The van der Waals surface area contributed by atoms with Crippen molar-refractivity contribution in [2.75, 3.05) is 5.32 Å². The molecular formula is C25H19ClN6O3. The number of nitrogens with zero attached hydrogens (tertiary/aromatic N) is 3. The zero-order valence-electron chi connectivity index (χ0n) is 18.4. The van der Waals surface area contributed by atoms with Gasteiger partial charge in [-0.3, -0.25) is 19.0 Å². The Balaban J connectivity index is 1.80. The molecule has 0 spiro atoms. The zero-order valence-corrected chi connectivity index (χ0v) is 19.2. The number of aromatic nitrogens is 4. The summed E-state index contributed by atoms with van der Waals surface area (Å²) in [4.78, 5) is 49.8. The van der Waals surface area contributed by atoms with E-state index in [-0.39, 0.29) is 26.8 Å². The smallest absolute Gasteiger partial charge is 0.264 e. The molecule has 1 unspecified atom stereocenters. The van der Waals surface area contributed by atoms with Crippen molar-refractivity contribution in [2.45, 2.75) is 13.0 Å². The first kappa shape index (κ1) is 22.3. The molecule has 174 valence electrons. The Kier molecular flexibility index (Phi) is 5.54. The summed E-state index contributed by atoms with van der Waals surface area (Å²) in [6, 6.07) is 14.5. The first-order chi connectivity index (χ1) is 16.9. The van der Waals surface area contributed by atoms with Gasteiger partial charge < -0.3 is 16.0 Å². The molecule has 2 aromatic carbocycles. The number of benzene rings is 2. The van der Waals surface area contributed by atoms with Crippen LogP contribution < -0.4 is 22.0 Å². The second-order valence-corrected chi connectivity index (χ2v) is 8.30. The molecule has 35 heavy (non-hydrogen) atoms. The number of carbonyl (C=O) groups is 1. The minimum atomic E-state index is -0.728. The lowest BCUT2D eigenvalue weighted by atomic mass is 10.0. The van der Waals surface area contributed by atoms with E-state index in [0.29, 0.717) is 28.2 Å². The molecule has 0 saturated heterocycles. The normalized spacial score (nSPS) is 12.1. The van der Waals surface area contributed by atoms with Gasteiger partial charge in [0.15, 0.2) is 5.43 Å². The summed E-state index contributed by atoms with van der Waals surface area (Å²) in [5.74, 6) is -0.438. The Morgan fingerprint density at radius 1 is 1.06 bits per heavy atom. The van der Waals surface area contributed by atoms with Gasteiger partial charge in [0.2, 0.25) is 5.91 Å². The van der Waals surface area contributed by atoms with Crippen LogP contribution in [0.15, 0.2) is 76.7 Å². The Morgan fingerprint density at radius 3 is 2.57 bits per heavy atom. The molecule has 1 atom stereocenters. The molecule has 3 heterocycles. The van der Waals surface area contributed by atoms with Crippen LogP contribution in [-0.2, 0) is 0 Å².